The summed E-state index contributed by atoms with van der Waals surface area (Å²) in [5.41, 5.74) is 1.90. The third-order valence-corrected chi connectivity index (χ3v) is 4.27. The minimum Gasteiger partial charge on any atom is -0.395 e. The molecule has 0 aliphatic carbocycles. The molecule has 3 aromatic rings. The molecule has 4 rings (SSSR count). The van der Waals surface area contributed by atoms with Crippen LogP contribution in [0.1, 0.15) is 5.56 Å². The quantitative estimate of drug-likeness (QED) is 0.497. The summed E-state index contributed by atoms with van der Waals surface area (Å²) >= 11 is 0. The fourth-order valence-corrected chi connectivity index (χ4v) is 3.14. The smallest absolute Gasteiger partial charge is 0.323 e. The van der Waals surface area contributed by atoms with Crippen molar-refractivity contribution in [2.24, 2.45) is 4.99 Å². The van der Waals surface area contributed by atoms with Crippen molar-refractivity contribution in [2.75, 3.05) is 36.5 Å². The summed E-state index contributed by atoms with van der Waals surface area (Å²) in [6.45, 7) is 1.19. The molecule has 2 aromatic carbocycles. The highest BCUT2D eigenvalue weighted by atomic mass is 16.6. The number of nitro benzene ring substituents is 1. The molecular formula is C17H16N6O4. The van der Waals surface area contributed by atoms with E-state index in [2.05, 4.69) is 20.6 Å². The number of nitro groups is 1. The largest absolute Gasteiger partial charge is 0.395 e. The Kier molecular flexibility index (Phi) is 4.38. The molecule has 27 heavy (non-hydrogen) atoms. The summed E-state index contributed by atoms with van der Waals surface area (Å²) in [4.78, 5) is 17.6. The molecule has 10 heteroatoms. The van der Waals surface area contributed by atoms with E-state index in [1.165, 1.54) is 0 Å². The van der Waals surface area contributed by atoms with Gasteiger partial charge in [-0.2, -0.15) is 0 Å². The predicted molar refractivity (Wildman–Crippen MR) is 99.2 cm³/mol. The van der Waals surface area contributed by atoms with Gasteiger partial charge in [0, 0.05) is 18.7 Å². The van der Waals surface area contributed by atoms with Crippen LogP contribution >= 0.6 is 0 Å². The highest BCUT2D eigenvalue weighted by Gasteiger charge is 2.30. The highest BCUT2D eigenvalue weighted by molar-refractivity contribution is 6.15. The van der Waals surface area contributed by atoms with Gasteiger partial charge in [0.25, 0.3) is 0 Å². The monoisotopic (exact) mass is 368 g/mol. The van der Waals surface area contributed by atoms with Gasteiger partial charge in [0.2, 0.25) is 5.52 Å². The van der Waals surface area contributed by atoms with Crippen molar-refractivity contribution in [1.82, 2.24) is 10.3 Å². The van der Waals surface area contributed by atoms with Gasteiger partial charge in [-0.15, -0.1) is 0 Å². The number of aromatic nitrogens is 2. The lowest BCUT2D eigenvalue weighted by Gasteiger charge is -2.21. The number of aliphatic hydroxyl groups excluding tert-OH is 1. The van der Waals surface area contributed by atoms with E-state index in [-0.39, 0.29) is 30.0 Å². The predicted octanol–water partition coefficient (Wildman–Crippen LogP) is 1.80. The van der Waals surface area contributed by atoms with E-state index in [1.807, 2.05) is 35.2 Å². The van der Waals surface area contributed by atoms with Gasteiger partial charge in [-0.05, 0) is 16.4 Å². The number of hydrogen-bond acceptors (Lipinski definition) is 9. The number of aliphatic imine (C=N–C) groups is 1. The number of benzene rings is 2. The number of anilines is 2. The topological polar surface area (TPSA) is 130 Å². The first-order valence-corrected chi connectivity index (χ1v) is 8.36. The number of nitrogens with one attached hydrogen (secondary N) is 1. The third-order valence-electron chi connectivity index (χ3n) is 4.27. The summed E-state index contributed by atoms with van der Waals surface area (Å²) in [6, 6.07) is 11.3. The van der Waals surface area contributed by atoms with Gasteiger partial charge in [-0.3, -0.25) is 15.1 Å². The Hall–Kier alpha value is -3.53. The molecular weight excluding hydrogens is 352 g/mol. The van der Waals surface area contributed by atoms with Gasteiger partial charge in [0.1, 0.15) is 11.5 Å². The van der Waals surface area contributed by atoms with Crippen molar-refractivity contribution in [3.05, 3.63) is 52.1 Å². The number of amidine groups is 1. The van der Waals surface area contributed by atoms with Crippen molar-refractivity contribution < 1.29 is 14.7 Å². The van der Waals surface area contributed by atoms with E-state index in [9.17, 15) is 10.1 Å². The van der Waals surface area contributed by atoms with Gasteiger partial charge in [-0.25, -0.2) is 4.63 Å². The molecule has 0 saturated carbocycles. The molecule has 0 unspecified atom stereocenters. The lowest BCUT2D eigenvalue weighted by molar-refractivity contribution is -0.382. The minimum absolute atomic E-state index is 0.0530. The zero-order valence-corrected chi connectivity index (χ0v) is 14.2. The maximum absolute atomic E-state index is 11.6. The van der Waals surface area contributed by atoms with Crippen LogP contribution in [0.4, 0.5) is 17.1 Å². The molecule has 1 aromatic heterocycles. The molecule has 0 amide bonds. The maximum Gasteiger partial charge on any atom is 0.323 e. The van der Waals surface area contributed by atoms with Crippen LogP contribution in [-0.2, 0) is 0 Å². The second kappa shape index (κ2) is 7.00. The van der Waals surface area contributed by atoms with Gasteiger partial charge in [0.05, 0.1) is 23.8 Å². The number of nitrogens with zero attached hydrogens (tertiary/aromatic N) is 5. The fourth-order valence-electron chi connectivity index (χ4n) is 3.14. The van der Waals surface area contributed by atoms with Gasteiger partial charge < -0.3 is 15.3 Å². The highest BCUT2D eigenvalue weighted by Crippen LogP contribution is 2.39. The number of rotatable bonds is 6. The van der Waals surface area contributed by atoms with Crippen LogP contribution in [0.15, 0.2) is 46.0 Å². The average molecular weight is 368 g/mol. The van der Waals surface area contributed by atoms with Crippen LogP contribution in [0, 0.1) is 10.1 Å². The van der Waals surface area contributed by atoms with Gasteiger partial charge >= 0.3 is 5.69 Å². The Morgan fingerprint density at radius 1 is 1.26 bits per heavy atom. The Balaban J connectivity index is 1.87. The SMILES string of the molecule is O=[N+]([O-])c1c(NCCO)cc(N2CCN=C2c2ccccc2)c2nonc12. The summed E-state index contributed by atoms with van der Waals surface area (Å²) in [5, 5.41) is 31.2. The molecule has 0 bridgehead atoms. The van der Waals surface area contributed by atoms with Crippen molar-refractivity contribution in [2.45, 2.75) is 0 Å². The van der Waals surface area contributed by atoms with E-state index in [4.69, 9.17) is 9.74 Å². The van der Waals surface area contributed by atoms with Crippen LogP contribution in [0.3, 0.4) is 0 Å². The zero-order valence-electron chi connectivity index (χ0n) is 14.2. The van der Waals surface area contributed by atoms with Crippen molar-refractivity contribution >= 4 is 33.9 Å². The Bertz CT molecular complexity index is 1020. The van der Waals surface area contributed by atoms with Crippen LogP contribution < -0.4 is 10.2 Å². The number of fused-ring (bicyclic) bond motifs is 1. The van der Waals surface area contributed by atoms with Crippen LogP contribution in [0.5, 0.6) is 0 Å². The van der Waals surface area contributed by atoms with Crippen molar-refractivity contribution in [1.29, 1.82) is 0 Å². The van der Waals surface area contributed by atoms with Gasteiger partial charge in [-0.1, -0.05) is 30.3 Å². The zero-order chi connectivity index (χ0) is 18.8. The second-order valence-corrected chi connectivity index (χ2v) is 5.88. The molecule has 1 aliphatic heterocycles. The average Bonchev–Trinajstić information content (AvgIpc) is 3.35. The molecule has 0 radical (unpaired) electrons. The Morgan fingerprint density at radius 3 is 2.78 bits per heavy atom. The molecule has 2 heterocycles. The molecule has 138 valence electrons. The van der Waals surface area contributed by atoms with Crippen LogP contribution in [0.2, 0.25) is 0 Å². The number of hydrogen-bond donors (Lipinski definition) is 2. The first kappa shape index (κ1) is 16.9. The maximum atomic E-state index is 11.6. The first-order valence-electron chi connectivity index (χ1n) is 8.36. The Morgan fingerprint density at radius 2 is 2.04 bits per heavy atom. The van der Waals surface area contributed by atoms with Gasteiger partial charge in [0.15, 0.2) is 5.52 Å². The van der Waals surface area contributed by atoms with Crippen LogP contribution in [0.25, 0.3) is 11.0 Å². The lowest BCUT2D eigenvalue weighted by atomic mass is 10.1. The molecule has 10 nitrogen and oxygen atoms in total. The summed E-state index contributed by atoms with van der Waals surface area (Å²) in [5.74, 6) is 0.752. The molecule has 0 fully saturated rings. The standard InChI is InChI=1S/C17H16N6O4/c24-9-7-18-12-10-13(14-15(21-27-20-14)16(12)23(25)26)22-8-6-19-17(22)11-4-2-1-3-5-11/h1-5,10,18,24H,6-9H2. The Labute approximate surface area is 153 Å². The van der Waals surface area contributed by atoms with E-state index in [0.29, 0.717) is 24.3 Å². The van der Waals surface area contributed by atoms with E-state index < -0.39 is 4.92 Å². The lowest BCUT2D eigenvalue weighted by Crippen LogP contribution is -2.28. The van der Waals surface area contributed by atoms with E-state index in [0.717, 1.165) is 11.4 Å². The fraction of sp³-hybridized carbons (Fsp3) is 0.235. The second-order valence-electron chi connectivity index (χ2n) is 5.88. The number of aliphatic hydroxyl groups is 1. The molecule has 0 saturated heterocycles. The third kappa shape index (κ3) is 2.95. The van der Waals surface area contributed by atoms with Crippen LogP contribution in [-0.4, -0.2) is 52.4 Å². The summed E-state index contributed by atoms with van der Waals surface area (Å²) in [6.07, 6.45) is 0. The molecule has 1 aliphatic rings. The minimum atomic E-state index is -0.536. The molecule has 0 atom stereocenters. The normalized spacial score (nSPS) is 13.8. The summed E-state index contributed by atoms with van der Waals surface area (Å²) in [7, 11) is 0. The first-order chi connectivity index (χ1) is 13.2. The molecule has 0 spiro atoms. The van der Waals surface area contributed by atoms with E-state index in [1.54, 1.807) is 6.07 Å². The van der Waals surface area contributed by atoms with E-state index >= 15 is 0 Å². The molecule has 2 N–H and O–H groups in total. The van der Waals surface area contributed by atoms with Crippen molar-refractivity contribution in [3.8, 4) is 0 Å². The van der Waals surface area contributed by atoms with Crippen molar-refractivity contribution in [3.63, 3.8) is 0 Å². The summed E-state index contributed by atoms with van der Waals surface area (Å²) < 4.78 is 4.81.